The number of thiocarbonyl (C=S) groups is 1. The summed E-state index contributed by atoms with van der Waals surface area (Å²) in [7, 11) is 0. The van der Waals surface area contributed by atoms with Crippen molar-refractivity contribution in [2.75, 3.05) is 11.9 Å². The highest BCUT2D eigenvalue weighted by molar-refractivity contribution is 14.1. The maximum Gasteiger partial charge on any atom is 0.135 e. The lowest BCUT2D eigenvalue weighted by Crippen LogP contribution is -2.12. The van der Waals surface area contributed by atoms with Gasteiger partial charge in [0.05, 0.1) is 22.8 Å². The summed E-state index contributed by atoms with van der Waals surface area (Å²) in [5, 5.41) is 3.40. The van der Waals surface area contributed by atoms with Crippen molar-refractivity contribution >= 4 is 62.8 Å². The Morgan fingerprint density at radius 1 is 1.14 bits per heavy atom. The average molecular weight is 449 g/mol. The molecule has 0 atom stereocenters. The lowest BCUT2D eigenvalue weighted by atomic mass is 9.99. The third kappa shape index (κ3) is 2.75. The Bertz CT molecular complexity index is 803. The van der Waals surface area contributed by atoms with Crippen LogP contribution in [0.15, 0.2) is 35.3 Å². The summed E-state index contributed by atoms with van der Waals surface area (Å²) in [4.78, 5) is 4.75. The molecule has 1 aliphatic rings. The molecular formula is C15H8ClF2IN2S. The zero-order valence-corrected chi connectivity index (χ0v) is 14.7. The molecule has 7 heteroatoms. The van der Waals surface area contributed by atoms with Gasteiger partial charge in [0.15, 0.2) is 0 Å². The van der Waals surface area contributed by atoms with Crippen molar-refractivity contribution in [2.45, 2.75) is 0 Å². The van der Waals surface area contributed by atoms with Gasteiger partial charge in [0.1, 0.15) is 16.6 Å². The number of benzodiazepines with no additional fused rings is 1. The van der Waals surface area contributed by atoms with Gasteiger partial charge in [0.25, 0.3) is 0 Å². The van der Waals surface area contributed by atoms with E-state index in [1.165, 1.54) is 18.2 Å². The molecule has 0 amide bonds. The Morgan fingerprint density at radius 2 is 1.82 bits per heavy atom. The van der Waals surface area contributed by atoms with Gasteiger partial charge in [-0.15, -0.1) is 0 Å². The van der Waals surface area contributed by atoms with Crippen LogP contribution < -0.4 is 5.32 Å². The van der Waals surface area contributed by atoms with Crippen molar-refractivity contribution < 1.29 is 8.78 Å². The van der Waals surface area contributed by atoms with Crippen molar-refractivity contribution in [3.8, 4) is 0 Å². The van der Waals surface area contributed by atoms with Crippen molar-refractivity contribution in [1.29, 1.82) is 0 Å². The summed E-state index contributed by atoms with van der Waals surface area (Å²) in [5.41, 5.74) is 1.02. The second-order valence-electron chi connectivity index (χ2n) is 4.59. The first-order chi connectivity index (χ1) is 10.5. The fraction of sp³-hybridized carbons (Fsp3) is 0.0667. The Labute approximate surface area is 149 Å². The number of nitrogens with one attached hydrogen (secondary N) is 1. The van der Waals surface area contributed by atoms with Gasteiger partial charge in [-0.1, -0.05) is 29.9 Å². The second-order valence-corrected chi connectivity index (χ2v) is 6.63. The summed E-state index contributed by atoms with van der Waals surface area (Å²) < 4.78 is 29.1. The second kappa shape index (κ2) is 6.17. The predicted molar refractivity (Wildman–Crippen MR) is 97.3 cm³/mol. The minimum absolute atomic E-state index is 0.139. The summed E-state index contributed by atoms with van der Waals surface area (Å²) in [5.74, 6) is -1.38. The molecule has 22 heavy (non-hydrogen) atoms. The summed E-state index contributed by atoms with van der Waals surface area (Å²) in [6.07, 6.45) is 0. The fourth-order valence-electron chi connectivity index (χ4n) is 2.23. The van der Waals surface area contributed by atoms with Crippen LogP contribution in [0.3, 0.4) is 0 Å². The fourth-order valence-corrected chi connectivity index (χ4v) is 3.11. The molecule has 1 heterocycles. The van der Waals surface area contributed by atoms with Crippen molar-refractivity contribution in [3.05, 3.63) is 61.7 Å². The molecule has 0 saturated carbocycles. The predicted octanol–water partition coefficient (Wildman–Crippen LogP) is 4.81. The van der Waals surface area contributed by atoms with E-state index in [0.29, 0.717) is 21.3 Å². The van der Waals surface area contributed by atoms with Gasteiger partial charge in [-0.3, -0.25) is 4.99 Å². The number of fused-ring (bicyclic) bond motifs is 1. The van der Waals surface area contributed by atoms with Gasteiger partial charge in [0, 0.05) is 14.8 Å². The van der Waals surface area contributed by atoms with E-state index >= 15 is 0 Å². The highest BCUT2D eigenvalue weighted by atomic mass is 127. The lowest BCUT2D eigenvalue weighted by molar-refractivity contribution is 0.579. The Balaban J connectivity index is 2.34. The van der Waals surface area contributed by atoms with Crippen molar-refractivity contribution in [2.24, 2.45) is 4.99 Å². The molecule has 1 N–H and O–H groups in total. The number of halogens is 4. The highest BCUT2D eigenvalue weighted by Crippen LogP contribution is 2.34. The Morgan fingerprint density at radius 3 is 2.50 bits per heavy atom. The molecule has 0 unspecified atom stereocenters. The number of rotatable bonds is 1. The number of anilines is 1. The molecule has 0 spiro atoms. The minimum Gasteiger partial charge on any atom is -0.348 e. The lowest BCUT2D eigenvalue weighted by Gasteiger charge is -2.14. The number of benzene rings is 2. The first-order valence-electron chi connectivity index (χ1n) is 6.26. The van der Waals surface area contributed by atoms with Crippen LogP contribution in [0.2, 0.25) is 5.02 Å². The van der Waals surface area contributed by atoms with Crippen LogP contribution in [-0.2, 0) is 0 Å². The van der Waals surface area contributed by atoms with Crippen LogP contribution in [0.5, 0.6) is 0 Å². The minimum atomic E-state index is -0.688. The number of aliphatic imine (C=N–C) groups is 1. The quantitative estimate of drug-likeness (QED) is 0.500. The smallest absolute Gasteiger partial charge is 0.135 e. The molecule has 0 radical (unpaired) electrons. The molecule has 0 bridgehead atoms. The van der Waals surface area contributed by atoms with Gasteiger partial charge in [-0.2, -0.15) is 0 Å². The van der Waals surface area contributed by atoms with E-state index in [0.717, 1.165) is 3.57 Å². The topological polar surface area (TPSA) is 24.4 Å². The molecule has 2 nitrogen and oxygen atoms in total. The van der Waals surface area contributed by atoms with Crippen LogP contribution in [0.4, 0.5) is 14.5 Å². The van der Waals surface area contributed by atoms with E-state index in [4.69, 9.17) is 23.8 Å². The summed E-state index contributed by atoms with van der Waals surface area (Å²) in [6.45, 7) is 0.139. The number of hydrogen-bond acceptors (Lipinski definition) is 2. The third-order valence-corrected chi connectivity index (χ3v) is 5.03. The summed E-state index contributed by atoms with van der Waals surface area (Å²) >= 11 is 13.6. The maximum absolute atomic E-state index is 14.2. The molecule has 112 valence electrons. The SMILES string of the molecule is Fc1cccc(F)c1C1=NCC(=S)Nc2ccc(I)c(Cl)c21. The molecule has 3 rings (SSSR count). The molecular weight excluding hydrogens is 441 g/mol. The Hall–Kier alpha value is -1.12. The van der Waals surface area contributed by atoms with E-state index in [1.807, 2.05) is 0 Å². The first kappa shape index (κ1) is 15.8. The molecule has 1 aliphatic heterocycles. The van der Waals surface area contributed by atoms with Crippen LogP contribution in [0.25, 0.3) is 0 Å². The molecule has 2 aromatic rings. The van der Waals surface area contributed by atoms with E-state index in [9.17, 15) is 8.78 Å². The molecule has 0 aliphatic carbocycles. The van der Waals surface area contributed by atoms with Crippen LogP contribution >= 0.6 is 46.4 Å². The molecule has 0 saturated heterocycles. The van der Waals surface area contributed by atoms with Gasteiger partial charge >= 0.3 is 0 Å². The van der Waals surface area contributed by atoms with Gasteiger partial charge in [-0.25, -0.2) is 8.78 Å². The van der Waals surface area contributed by atoms with Crippen LogP contribution in [0, 0.1) is 15.2 Å². The van der Waals surface area contributed by atoms with Crippen molar-refractivity contribution in [1.82, 2.24) is 0 Å². The van der Waals surface area contributed by atoms with E-state index in [2.05, 4.69) is 32.9 Å². The Kier molecular flexibility index (Phi) is 4.42. The standard InChI is InChI=1S/C15H8ClF2IN2S/c16-14-9(19)4-5-10-13(14)15(20-6-11(22)21-10)12-7(17)2-1-3-8(12)18/h1-5H,6H2,(H,21,22). The van der Waals surface area contributed by atoms with Crippen LogP contribution in [-0.4, -0.2) is 17.2 Å². The monoisotopic (exact) mass is 448 g/mol. The van der Waals surface area contributed by atoms with E-state index < -0.39 is 11.6 Å². The van der Waals surface area contributed by atoms with Gasteiger partial charge < -0.3 is 5.32 Å². The van der Waals surface area contributed by atoms with Gasteiger partial charge in [-0.05, 0) is 46.9 Å². The summed E-state index contributed by atoms with van der Waals surface area (Å²) in [6, 6.07) is 7.27. The molecule has 2 aromatic carbocycles. The highest BCUT2D eigenvalue weighted by Gasteiger charge is 2.25. The zero-order chi connectivity index (χ0) is 15.9. The van der Waals surface area contributed by atoms with Crippen molar-refractivity contribution in [3.63, 3.8) is 0 Å². The van der Waals surface area contributed by atoms with Gasteiger partial charge in [0.2, 0.25) is 0 Å². The van der Waals surface area contributed by atoms with Crippen LogP contribution in [0.1, 0.15) is 11.1 Å². The average Bonchev–Trinajstić information content (AvgIpc) is 2.63. The normalized spacial score (nSPS) is 14.0. The van der Waals surface area contributed by atoms with E-state index in [1.54, 1.807) is 12.1 Å². The number of hydrogen-bond donors (Lipinski definition) is 1. The first-order valence-corrected chi connectivity index (χ1v) is 8.12. The third-order valence-electron chi connectivity index (χ3n) is 3.19. The maximum atomic E-state index is 14.2. The zero-order valence-electron chi connectivity index (χ0n) is 11.0. The largest absolute Gasteiger partial charge is 0.348 e. The molecule has 0 fully saturated rings. The number of nitrogens with zero attached hydrogens (tertiary/aromatic N) is 1. The van der Waals surface area contributed by atoms with E-state index in [-0.39, 0.29) is 17.8 Å². The molecule has 0 aromatic heterocycles.